The molecule has 27 heavy (non-hydrogen) atoms. The van der Waals surface area contributed by atoms with Gasteiger partial charge in [-0.15, -0.1) is 11.3 Å². The molecule has 3 rings (SSSR count). The highest BCUT2D eigenvalue weighted by Gasteiger charge is 2.07. The first-order chi connectivity index (χ1) is 13.0. The summed E-state index contributed by atoms with van der Waals surface area (Å²) in [5, 5.41) is 5.67. The number of halogens is 2. The Balaban J connectivity index is 1.66. The molecule has 0 radical (unpaired) electrons. The molecule has 0 aliphatic heterocycles. The molecule has 0 aliphatic carbocycles. The fraction of sp³-hybridized carbons (Fsp3) is 0.100. The van der Waals surface area contributed by atoms with E-state index in [-0.39, 0.29) is 10.7 Å². The minimum absolute atomic E-state index is 0.0671. The van der Waals surface area contributed by atoms with Crippen molar-refractivity contribution < 1.29 is 13.9 Å². The highest BCUT2D eigenvalue weighted by molar-refractivity contribution is 7.09. The average Bonchev–Trinajstić information content (AvgIpc) is 3.06. The standard InChI is InChI=1S/C20H16ClFN2O2S/c1-13-23-16(12-27-13)11-26-19-5-3-2-4-14(19)6-9-20(25)24-18-8-7-15(21)10-17(18)22/h2-10,12H,11H2,1H3,(H,24,25). The minimum atomic E-state index is -0.591. The SMILES string of the molecule is Cc1nc(COc2ccccc2C=CC(=O)Nc2ccc(Cl)cc2F)cs1. The first-order valence-corrected chi connectivity index (χ1v) is 9.34. The van der Waals surface area contributed by atoms with Gasteiger partial charge in [0, 0.05) is 22.0 Å². The highest BCUT2D eigenvalue weighted by Crippen LogP contribution is 2.22. The van der Waals surface area contributed by atoms with Gasteiger partial charge in [0.05, 0.1) is 16.4 Å². The maximum absolute atomic E-state index is 13.8. The summed E-state index contributed by atoms with van der Waals surface area (Å²) in [4.78, 5) is 16.4. The van der Waals surface area contributed by atoms with Crippen LogP contribution in [0.15, 0.2) is 53.9 Å². The zero-order valence-corrected chi connectivity index (χ0v) is 16.0. The normalized spacial score (nSPS) is 10.9. The number of carbonyl (C=O) groups is 1. The van der Waals surface area contributed by atoms with E-state index in [0.717, 1.165) is 22.3 Å². The quantitative estimate of drug-likeness (QED) is 0.556. The Morgan fingerprint density at radius 2 is 2.15 bits per heavy atom. The van der Waals surface area contributed by atoms with Gasteiger partial charge in [0.2, 0.25) is 5.91 Å². The number of amides is 1. The second-order valence-electron chi connectivity index (χ2n) is 5.63. The van der Waals surface area contributed by atoms with Crippen LogP contribution in [-0.4, -0.2) is 10.9 Å². The number of nitrogens with zero attached hydrogens (tertiary/aromatic N) is 1. The van der Waals surface area contributed by atoms with E-state index < -0.39 is 11.7 Å². The van der Waals surface area contributed by atoms with Crippen LogP contribution >= 0.6 is 22.9 Å². The van der Waals surface area contributed by atoms with E-state index in [2.05, 4.69) is 10.3 Å². The van der Waals surface area contributed by atoms with Crippen LogP contribution in [0, 0.1) is 12.7 Å². The molecule has 2 aromatic carbocycles. The van der Waals surface area contributed by atoms with Crippen LogP contribution in [0.4, 0.5) is 10.1 Å². The Bertz CT molecular complexity index is 988. The van der Waals surface area contributed by atoms with Gasteiger partial charge in [0.25, 0.3) is 0 Å². The molecule has 138 valence electrons. The number of aromatic nitrogens is 1. The number of rotatable bonds is 6. The predicted octanol–water partition coefficient (Wildman–Crippen LogP) is 5.47. The molecule has 4 nitrogen and oxygen atoms in total. The third-order valence-electron chi connectivity index (χ3n) is 3.56. The Labute approximate surface area is 165 Å². The average molecular weight is 403 g/mol. The van der Waals surface area contributed by atoms with Gasteiger partial charge < -0.3 is 10.1 Å². The van der Waals surface area contributed by atoms with Gasteiger partial charge in [-0.3, -0.25) is 4.79 Å². The van der Waals surface area contributed by atoms with E-state index in [4.69, 9.17) is 16.3 Å². The lowest BCUT2D eigenvalue weighted by Gasteiger charge is -2.08. The molecule has 0 saturated heterocycles. The number of nitrogens with one attached hydrogen (secondary N) is 1. The maximum atomic E-state index is 13.8. The molecule has 0 bridgehead atoms. The van der Waals surface area contributed by atoms with Crippen LogP contribution in [-0.2, 0) is 11.4 Å². The van der Waals surface area contributed by atoms with Crippen molar-refractivity contribution in [3.05, 3.63) is 81.0 Å². The van der Waals surface area contributed by atoms with E-state index >= 15 is 0 Å². The van der Waals surface area contributed by atoms with Crippen molar-refractivity contribution in [2.24, 2.45) is 0 Å². The van der Waals surface area contributed by atoms with Crippen LogP contribution in [0.3, 0.4) is 0 Å². The zero-order valence-electron chi connectivity index (χ0n) is 14.4. The molecule has 7 heteroatoms. The molecule has 0 fully saturated rings. The van der Waals surface area contributed by atoms with Crippen LogP contribution < -0.4 is 10.1 Å². The Hall–Kier alpha value is -2.70. The van der Waals surface area contributed by atoms with Gasteiger partial charge in [0.1, 0.15) is 18.2 Å². The zero-order chi connectivity index (χ0) is 19.2. The van der Waals surface area contributed by atoms with Gasteiger partial charge in [0.15, 0.2) is 0 Å². The van der Waals surface area contributed by atoms with Crippen LogP contribution in [0.5, 0.6) is 5.75 Å². The lowest BCUT2D eigenvalue weighted by Crippen LogP contribution is -2.09. The molecular weight excluding hydrogens is 387 g/mol. The number of carbonyl (C=O) groups excluding carboxylic acids is 1. The summed E-state index contributed by atoms with van der Waals surface area (Å²) >= 11 is 7.27. The number of hydrogen-bond acceptors (Lipinski definition) is 4. The molecule has 0 unspecified atom stereocenters. The van der Waals surface area contributed by atoms with E-state index in [1.54, 1.807) is 17.4 Å². The van der Waals surface area contributed by atoms with Crippen molar-refractivity contribution in [1.82, 2.24) is 4.98 Å². The van der Waals surface area contributed by atoms with Crippen LogP contribution in [0.2, 0.25) is 5.02 Å². The largest absolute Gasteiger partial charge is 0.487 e. The molecule has 0 atom stereocenters. The topological polar surface area (TPSA) is 51.2 Å². The van der Waals surface area contributed by atoms with Crippen molar-refractivity contribution in [1.29, 1.82) is 0 Å². The molecule has 0 aliphatic rings. The summed E-state index contributed by atoms with van der Waals surface area (Å²) in [5.74, 6) is -0.419. The highest BCUT2D eigenvalue weighted by atomic mass is 35.5. The Morgan fingerprint density at radius 3 is 2.89 bits per heavy atom. The summed E-state index contributed by atoms with van der Waals surface area (Å²) in [6.45, 7) is 2.28. The summed E-state index contributed by atoms with van der Waals surface area (Å²) in [7, 11) is 0. The van der Waals surface area contributed by atoms with E-state index in [0.29, 0.717) is 12.4 Å². The predicted molar refractivity (Wildman–Crippen MR) is 107 cm³/mol. The second kappa shape index (κ2) is 8.79. The van der Waals surface area contributed by atoms with Gasteiger partial charge in [-0.2, -0.15) is 0 Å². The van der Waals surface area contributed by atoms with Gasteiger partial charge in [-0.25, -0.2) is 9.37 Å². The van der Waals surface area contributed by atoms with Crippen molar-refractivity contribution in [2.45, 2.75) is 13.5 Å². The number of thiazole rings is 1. The third kappa shape index (κ3) is 5.39. The minimum Gasteiger partial charge on any atom is -0.487 e. The second-order valence-corrected chi connectivity index (χ2v) is 7.13. The maximum Gasteiger partial charge on any atom is 0.248 e. The number of ether oxygens (including phenoxy) is 1. The molecule has 1 heterocycles. The molecule has 1 amide bonds. The lowest BCUT2D eigenvalue weighted by atomic mass is 10.2. The van der Waals surface area contributed by atoms with E-state index in [9.17, 15) is 9.18 Å². The van der Waals surface area contributed by atoms with Crippen LogP contribution in [0.25, 0.3) is 6.08 Å². The number of aryl methyl sites for hydroxylation is 1. The van der Waals surface area contributed by atoms with Gasteiger partial charge in [-0.1, -0.05) is 29.8 Å². The summed E-state index contributed by atoms with van der Waals surface area (Å²) < 4.78 is 19.6. The number of para-hydroxylation sites is 1. The summed E-state index contributed by atoms with van der Waals surface area (Å²) in [6, 6.07) is 11.4. The van der Waals surface area contributed by atoms with Gasteiger partial charge >= 0.3 is 0 Å². The monoisotopic (exact) mass is 402 g/mol. The number of benzene rings is 2. The van der Waals surface area contributed by atoms with Crippen molar-refractivity contribution >= 4 is 40.6 Å². The molecule has 1 aromatic heterocycles. The Kier molecular flexibility index (Phi) is 6.21. The van der Waals surface area contributed by atoms with Crippen LogP contribution in [0.1, 0.15) is 16.3 Å². The Morgan fingerprint density at radius 1 is 1.33 bits per heavy atom. The molecule has 0 spiro atoms. The van der Waals surface area contributed by atoms with Gasteiger partial charge in [-0.05, 0) is 37.3 Å². The van der Waals surface area contributed by atoms with Crippen molar-refractivity contribution in [3.8, 4) is 5.75 Å². The fourth-order valence-corrected chi connectivity index (χ4v) is 3.06. The first-order valence-electron chi connectivity index (χ1n) is 8.08. The molecule has 0 saturated carbocycles. The van der Waals surface area contributed by atoms with E-state index in [1.807, 2.05) is 36.6 Å². The lowest BCUT2D eigenvalue weighted by molar-refractivity contribution is -0.111. The molecule has 3 aromatic rings. The number of anilines is 1. The smallest absolute Gasteiger partial charge is 0.248 e. The van der Waals surface area contributed by atoms with Crippen molar-refractivity contribution in [2.75, 3.05) is 5.32 Å². The third-order valence-corrected chi connectivity index (χ3v) is 4.62. The number of hydrogen-bond donors (Lipinski definition) is 1. The molecule has 1 N–H and O–H groups in total. The van der Waals surface area contributed by atoms with Crippen molar-refractivity contribution in [3.63, 3.8) is 0 Å². The summed E-state index contributed by atoms with van der Waals surface area (Å²) in [6.07, 6.45) is 2.94. The van der Waals surface area contributed by atoms with E-state index in [1.165, 1.54) is 18.2 Å². The fourth-order valence-electron chi connectivity index (χ4n) is 2.31. The molecular formula is C20H16ClFN2O2S. The first kappa shape index (κ1) is 19.1. The summed E-state index contributed by atoms with van der Waals surface area (Å²) in [5.41, 5.74) is 1.65.